The molecule has 2 fully saturated rings. The van der Waals surface area contributed by atoms with Gasteiger partial charge in [-0.15, -0.1) is 0 Å². The standard InChI is InChI=1S/C18H18O4S/c19-23(20,17-5-1-3-13(9-17)7-15-11-21-15)18-6-2-4-14(10-18)8-16-12-22-16/h1-6,9-10,15-16H,7-8,11-12H2. The summed E-state index contributed by atoms with van der Waals surface area (Å²) in [5.74, 6) is 0. The average molecular weight is 330 g/mol. The Labute approximate surface area is 136 Å². The zero-order valence-corrected chi connectivity index (χ0v) is 13.5. The van der Waals surface area contributed by atoms with Crippen molar-refractivity contribution in [2.75, 3.05) is 13.2 Å². The molecule has 0 bridgehead atoms. The zero-order valence-electron chi connectivity index (χ0n) is 12.6. The minimum Gasteiger partial charge on any atom is -0.373 e. The Morgan fingerprint density at radius 2 is 1.26 bits per heavy atom. The molecule has 0 amide bonds. The van der Waals surface area contributed by atoms with Crippen LogP contribution >= 0.6 is 0 Å². The van der Waals surface area contributed by atoms with Crippen molar-refractivity contribution in [1.82, 2.24) is 0 Å². The summed E-state index contributed by atoms with van der Waals surface area (Å²) >= 11 is 0. The lowest BCUT2D eigenvalue weighted by Gasteiger charge is -2.08. The molecule has 0 aromatic heterocycles. The van der Waals surface area contributed by atoms with Gasteiger partial charge in [-0.25, -0.2) is 8.42 Å². The summed E-state index contributed by atoms with van der Waals surface area (Å²) in [6, 6.07) is 14.3. The van der Waals surface area contributed by atoms with E-state index in [4.69, 9.17) is 9.47 Å². The fourth-order valence-electron chi connectivity index (χ4n) is 2.71. The van der Waals surface area contributed by atoms with Crippen LogP contribution in [0.25, 0.3) is 0 Å². The third kappa shape index (κ3) is 3.47. The van der Waals surface area contributed by atoms with Crippen molar-refractivity contribution in [2.45, 2.75) is 34.8 Å². The molecular formula is C18H18O4S. The predicted molar refractivity (Wildman–Crippen MR) is 85.2 cm³/mol. The number of hydrogen-bond acceptors (Lipinski definition) is 4. The summed E-state index contributed by atoms with van der Waals surface area (Å²) in [5, 5.41) is 0. The second-order valence-corrected chi connectivity index (χ2v) is 8.07. The first-order chi connectivity index (χ1) is 11.1. The molecule has 2 aliphatic rings. The van der Waals surface area contributed by atoms with Gasteiger partial charge in [0.2, 0.25) is 9.84 Å². The predicted octanol–water partition coefficient (Wildman–Crippen LogP) is 2.40. The summed E-state index contributed by atoms with van der Waals surface area (Å²) in [6.45, 7) is 1.53. The number of ether oxygens (including phenoxy) is 2. The molecule has 0 N–H and O–H groups in total. The van der Waals surface area contributed by atoms with E-state index in [1.807, 2.05) is 12.1 Å². The van der Waals surface area contributed by atoms with Crippen molar-refractivity contribution in [2.24, 2.45) is 0 Å². The summed E-state index contributed by atoms with van der Waals surface area (Å²) in [4.78, 5) is 0.686. The lowest BCUT2D eigenvalue weighted by Crippen LogP contribution is -2.05. The zero-order chi connectivity index (χ0) is 15.9. The van der Waals surface area contributed by atoms with Gasteiger partial charge in [0.25, 0.3) is 0 Å². The van der Waals surface area contributed by atoms with E-state index in [1.165, 1.54) is 0 Å². The van der Waals surface area contributed by atoms with Crippen molar-refractivity contribution in [1.29, 1.82) is 0 Å². The maximum atomic E-state index is 12.9. The van der Waals surface area contributed by atoms with Crippen LogP contribution in [-0.2, 0) is 32.2 Å². The quantitative estimate of drug-likeness (QED) is 0.763. The highest BCUT2D eigenvalue weighted by molar-refractivity contribution is 7.91. The normalized spacial score (nSPS) is 22.8. The number of hydrogen-bond donors (Lipinski definition) is 0. The molecule has 2 unspecified atom stereocenters. The largest absolute Gasteiger partial charge is 0.373 e. The van der Waals surface area contributed by atoms with Crippen molar-refractivity contribution in [3.63, 3.8) is 0 Å². The van der Waals surface area contributed by atoms with E-state index in [0.29, 0.717) is 9.79 Å². The van der Waals surface area contributed by atoms with Gasteiger partial charge in [0.05, 0.1) is 35.2 Å². The van der Waals surface area contributed by atoms with E-state index >= 15 is 0 Å². The summed E-state index contributed by atoms with van der Waals surface area (Å²) in [7, 11) is -3.50. The van der Waals surface area contributed by atoms with E-state index in [2.05, 4.69) is 0 Å². The van der Waals surface area contributed by atoms with Gasteiger partial charge < -0.3 is 9.47 Å². The Balaban J connectivity index is 1.63. The Kier molecular flexibility index (Phi) is 3.71. The van der Waals surface area contributed by atoms with E-state index in [0.717, 1.165) is 37.2 Å². The lowest BCUT2D eigenvalue weighted by atomic mass is 10.1. The SMILES string of the molecule is O=S(=O)(c1cccc(CC2CO2)c1)c1cccc(CC2CO2)c1. The van der Waals surface area contributed by atoms with Crippen molar-refractivity contribution in [3.8, 4) is 0 Å². The van der Waals surface area contributed by atoms with Crippen LogP contribution in [0.15, 0.2) is 58.3 Å². The highest BCUT2D eigenvalue weighted by atomic mass is 32.2. The number of benzene rings is 2. The van der Waals surface area contributed by atoms with E-state index in [-0.39, 0.29) is 12.2 Å². The third-order valence-corrected chi connectivity index (χ3v) is 5.90. The van der Waals surface area contributed by atoms with E-state index < -0.39 is 9.84 Å². The topological polar surface area (TPSA) is 59.2 Å². The van der Waals surface area contributed by atoms with Gasteiger partial charge in [0.15, 0.2) is 0 Å². The fraction of sp³-hybridized carbons (Fsp3) is 0.333. The number of epoxide rings is 2. The Morgan fingerprint density at radius 1 is 0.826 bits per heavy atom. The first-order valence-corrected chi connectivity index (χ1v) is 9.26. The van der Waals surface area contributed by atoms with Crippen LogP contribution in [-0.4, -0.2) is 33.8 Å². The second-order valence-electron chi connectivity index (χ2n) is 6.12. The van der Waals surface area contributed by atoms with Gasteiger partial charge in [0.1, 0.15) is 0 Å². The molecule has 2 aromatic rings. The Bertz CT molecular complexity index is 757. The van der Waals surface area contributed by atoms with Crippen LogP contribution in [0.4, 0.5) is 0 Å². The molecule has 2 saturated heterocycles. The second kappa shape index (κ2) is 5.74. The Morgan fingerprint density at radius 3 is 1.65 bits per heavy atom. The highest BCUT2D eigenvalue weighted by Gasteiger charge is 2.25. The molecule has 0 radical (unpaired) electrons. The molecule has 2 aliphatic heterocycles. The molecule has 120 valence electrons. The van der Waals surface area contributed by atoms with Gasteiger partial charge in [-0.1, -0.05) is 24.3 Å². The molecule has 0 saturated carbocycles. The minimum atomic E-state index is -3.50. The van der Waals surface area contributed by atoms with Crippen LogP contribution in [0.2, 0.25) is 0 Å². The first-order valence-electron chi connectivity index (χ1n) is 7.77. The molecular weight excluding hydrogens is 312 g/mol. The van der Waals surface area contributed by atoms with E-state index in [9.17, 15) is 8.42 Å². The molecule has 5 heteroatoms. The van der Waals surface area contributed by atoms with Crippen LogP contribution < -0.4 is 0 Å². The molecule has 0 spiro atoms. The third-order valence-electron chi connectivity index (χ3n) is 4.15. The Hall–Kier alpha value is -1.69. The molecule has 2 heterocycles. The average Bonchev–Trinajstić information content (AvgIpc) is 3.45. The van der Waals surface area contributed by atoms with Crippen LogP contribution in [0.5, 0.6) is 0 Å². The summed E-state index contributed by atoms with van der Waals surface area (Å²) in [5.41, 5.74) is 1.99. The molecule has 0 aliphatic carbocycles. The smallest absolute Gasteiger partial charge is 0.206 e. The molecule has 2 aromatic carbocycles. The number of sulfone groups is 1. The molecule has 23 heavy (non-hydrogen) atoms. The maximum absolute atomic E-state index is 12.9. The summed E-state index contributed by atoms with van der Waals surface area (Å²) in [6.07, 6.45) is 2.02. The molecule has 2 atom stereocenters. The van der Waals surface area contributed by atoms with E-state index in [1.54, 1.807) is 36.4 Å². The molecule has 4 rings (SSSR count). The monoisotopic (exact) mass is 330 g/mol. The van der Waals surface area contributed by atoms with Crippen LogP contribution in [0.1, 0.15) is 11.1 Å². The highest BCUT2D eigenvalue weighted by Crippen LogP contribution is 2.25. The van der Waals surface area contributed by atoms with Crippen LogP contribution in [0, 0.1) is 0 Å². The van der Waals surface area contributed by atoms with Crippen molar-refractivity contribution < 1.29 is 17.9 Å². The lowest BCUT2D eigenvalue weighted by molar-refractivity contribution is 0.407. The maximum Gasteiger partial charge on any atom is 0.206 e. The van der Waals surface area contributed by atoms with Crippen molar-refractivity contribution >= 4 is 9.84 Å². The van der Waals surface area contributed by atoms with Gasteiger partial charge >= 0.3 is 0 Å². The van der Waals surface area contributed by atoms with Crippen molar-refractivity contribution in [3.05, 3.63) is 59.7 Å². The number of rotatable bonds is 6. The van der Waals surface area contributed by atoms with Gasteiger partial charge in [-0.05, 0) is 35.4 Å². The van der Waals surface area contributed by atoms with Crippen LogP contribution in [0.3, 0.4) is 0 Å². The molecule has 4 nitrogen and oxygen atoms in total. The van der Waals surface area contributed by atoms with Gasteiger partial charge in [0, 0.05) is 12.8 Å². The fourth-order valence-corrected chi connectivity index (χ4v) is 4.11. The first kappa shape index (κ1) is 14.9. The summed E-state index contributed by atoms with van der Waals surface area (Å²) < 4.78 is 36.2. The van der Waals surface area contributed by atoms with Gasteiger partial charge in [-0.3, -0.25) is 0 Å². The minimum absolute atomic E-state index is 0.245. The van der Waals surface area contributed by atoms with Gasteiger partial charge in [-0.2, -0.15) is 0 Å².